The standard InChI is InChI=1S/C28H33N3O5/c32-28-20-25(21-5-2-1-3-6-21)26-19-24(11-12-27(26)36-28)35-18-4-13-29-14-16-30(17-15-29)22-7-9-23(10-8-22)31(33)34/h7-12,19-21H,1-6,13-18H2. The highest BCUT2D eigenvalue weighted by atomic mass is 16.6. The third-order valence-electron chi connectivity index (χ3n) is 7.48. The molecule has 3 aromatic rings. The molecule has 0 spiro atoms. The van der Waals surface area contributed by atoms with Crippen molar-refractivity contribution in [3.8, 4) is 5.75 Å². The zero-order chi connectivity index (χ0) is 24.9. The largest absolute Gasteiger partial charge is 0.494 e. The van der Waals surface area contributed by atoms with Gasteiger partial charge in [0.15, 0.2) is 0 Å². The molecule has 8 heteroatoms. The second kappa shape index (κ2) is 11.1. The van der Waals surface area contributed by atoms with E-state index in [0.29, 0.717) is 18.1 Å². The van der Waals surface area contributed by atoms with Crippen molar-refractivity contribution >= 4 is 22.3 Å². The Balaban J connectivity index is 1.12. The molecule has 5 rings (SSSR count). The Kier molecular flexibility index (Phi) is 7.51. The maximum atomic E-state index is 12.1. The predicted octanol–water partition coefficient (Wildman–Crippen LogP) is 5.34. The van der Waals surface area contributed by atoms with Crippen molar-refractivity contribution in [2.45, 2.75) is 44.4 Å². The summed E-state index contributed by atoms with van der Waals surface area (Å²) in [5, 5.41) is 11.9. The molecule has 2 aromatic carbocycles. The average Bonchev–Trinajstić information content (AvgIpc) is 2.91. The van der Waals surface area contributed by atoms with Gasteiger partial charge in [0.1, 0.15) is 11.3 Å². The fourth-order valence-electron chi connectivity index (χ4n) is 5.50. The Morgan fingerprint density at radius 3 is 2.44 bits per heavy atom. The van der Waals surface area contributed by atoms with Gasteiger partial charge in [0.05, 0.1) is 11.5 Å². The summed E-state index contributed by atoms with van der Waals surface area (Å²) in [6.07, 6.45) is 6.88. The third-order valence-corrected chi connectivity index (χ3v) is 7.48. The summed E-state index contributed by atoms with van der Waals surface area (Å²) in [5.41, 5.74) is 2.63. The Hall–Kier alpha value is -3.39. The molecule has 8 nitrogen and oxygen atoms in total. The van der Waals surface area contributed by atoms with Crippen molar-refractivity contribution in [3.05, 3.63) is 74.6 Å². The fraction of sp³-hybridized carbons (Fsp3) is 0.464. The second-order valence-electron chi connectivity index (χ2n) is 9.82. The number of nitro groups is 1. The third kappa shape index (κ3) is 5.70. The number of fused-ring (bicyclic) bond motifs is 1. The van der Waals surface area contributed by atoms with Gasteiger partial charge in [0.25, 0.3) is 5.69 Å². The number of nitrogens with zero attached hydrogens (tertiary/aromatic N) is 3. The zero-order valence-corrected chi connectivity index (χ0v) is 20.6. The normalized spacial score (nSPS) is 17.4. The van der Waals surface area contributed by atoms with Crippen LogP contribution in [0.5, 0.6) is 5.75 Å². The molecule has 0 radical (unpaired) electrons. The molecule has 0 unspecified atom stereocenters. The van der Waals surface area contributed by atoms with Gasteiger partial charge < -0.3 is 14.1 Å². The van der Waals surface area contributed by atoms with Gasteiger partial charge in [-0.15, -0.1) is 0 Å². The van der Waals surface area contributed by atoms with E-state index in [1.54, 1.807) is 18.2 Å². The summed E-state index contributed by atoms with van der Waals surface area (Å²) in [7, 11) is 0. The summed E-state index contributed by atoms with van der Waals surface area (Å²) < 4.78 is 11.5. The van der Waals surface area contributed by atoms with Crippen molar-refractivity contribution in [2.24, 2.45) is 0 Å². The van der Waals surface area contributed by atoms with Crippen LogP contribution >= 0.6 is 0 Å². The van der Waals surface area contributed by atoms with E-state index in [1.165, 1.54) is 19.3 Å². The maximum absolute atomic E-state index is 12.1. The van der Waals surface area contributed by atoms with Gasteiger partial charge in [0, 0.05) is 62.0 Å². The molecule has 2 fully saturated rings. The van der Waals surface area contributed by atoms with Crippen molar-refractivity contribution in [2.75, 3.05) is 44.2 Å². The molecule has 2 aliphatic rings. The van der Waals surface area contributed by atoms with Crippen LogP contribution in [0.4, 0.5) is 11.4 Å². The molecule has 0 bridgehead atoms. The molecular weight excluding hydrogens is 458 g/mol. The molecule has 36 heavy (non-hydrogen) atoms. The highest BCUT2D eigenvalue weighted by Crippen LogP contribution is 2.36. The van der Waals surface area contributed by atoms with Crippen LogP contribution in [0.15, 0.2) is 57.7 Å². The number of rotatable bonds is 8. The lowest BCUT2D eigenvalue weighted by molar-refractivity contribution is -0.384. The van der Waals surface area contributed by atoms with Crippen LogP contribution in [-0.4, -0.2) is 49.2 Å². The van der Waals surface area contributed by atoms with Crippen LogP contribution < -0.4 is 15.3 Å². The number of benzene rings is 2. The van der Waals surface area contributed by atoms with Crippen molar-refractivity contribution < 1.29 is 14.1 Å². The van der Waals surface area contributed by atoms with Gasteiger partial charge in [-0.25, -0.2) is 4.79 Å². The van der Waals surface area contributed by atoms with Crippen molar-refractivity contribution in [3.63, 3.8) is 0 Å². The van der Waals surface area contributed by atoms with E-state index in [4.69, 9.17) is 9.15 Å². The lowest BCUT2D eigenvalue weighted by Crippen LogP contribution is -2.46. The van der Waals surface area contributed by atoms with Crippen LogP contribution in [0.3, 0.4) is 0 Å². The summed E-state index contributed by atoms with van der Waals surface area (Å²) in [4.78, 5) is 27.3. The first-order chi connectivity index (χ1) is 17.6. The van der Waals surface area contributed by atoms with E-state index in [-0.39, 0.29) is 16.2 Å². The predicted molar refractivity (Wildman–Crippen MR) is 140 cm³/mol. The minimum absolute atomic E-state index is 0.124. The molecule has 1 saturated heterocycles. The first-order valence-corrected chi connectivity index (χ1v) is 13.0. The van der Waals surface area contributed by atoms with Crippen LogP contribution in [-0.2, 0) is 0 Å². The van der Waals surface area contributed by atoms with E-state index in [2.05, 4.69) is 9.80 Å². The second-order valence-corrected chi connectivity index (χ2v) is 9.82. The fourth-order valence-corrected chi connectivity index (χ4v) is 5.50. The summed E-state index contributed by atoms with van der Waals surface area (Å²) >= 11 is 0. The van der Waals surface area contributed by atoms with Gasteiger partial charge in [0.2, 0.25) is 0 Å². The van der Waals surface area contributed by atoms with E-state index >= 15 is 0 Å². The van der Waals surface area contributed by atoms with E-state index in [1.807, 2.05) is 30.3 Å². The molecule has 0 amide bonds. The number of ether oxygens (including phenoxy) is 1. The van der Waals surface area contributed by atoms with Crippen LogP contribution in [0, 0.1) is 10.1 Å². The number of nitro benzene ring substituents is 1. The minimum Gasteiger partial charge on any atom is -0.494 e. The quantitative estimate of drug-likeness (QED) is 0.182. The number of hydrogen-bond acceptors (Lipinski definition) is 7. The van der Waals surface area contributed by atoms with Crippen molar-refractivity contribution in [1.29, 1.82) is 0 Å². The van der Waals surface area contributed by atoms with Gasteiger partial charge >= 0.3 is 5.63 Å². The molecule has 0 N–H and O–H groups in total. The summed E-state index contributed by atoms with van der Waals surface area (Å²) in [5.74, 6) is 1.24. The minimum atomic E-state index is -0.366. The SMILES string of the molecule is O=c1cc(C2CCCCC2)c2cc(OCCCN3CCN(c4ccc([N+](=O)[O-])cc4)CC3)ccc2o1. The van der Waals surface area contributed by atoms with Gasteiger partial charge in [-0.3, -0.25) is 15.0 Å². The smallest absolute Gasteiger partial charge is 0.336 e. The molecular formula is C28H33N3O5. The summed E-state index contributed by atoms with van der Waals surface area (Å²) in [6, 6.07) is 14.2. The number of hydrogen-bond donors (Lipinski definition) is 0. The lowest BCUT2D eigenvalue weighted by Gasteiger charge is -2.36. The molecule has 190 valence electrons. The van der Waals surface area contributed by atoms with Crippen LogP contribution in [0.1, 0.15) is 50.0 Å². The van der Waals surface area contributed by atoms with Crippen LogP contribution in [0.2, 0.25) is 0 Å². The first kappa shape index (κ1) is 24.3. The number of anilines is 1. The Labute approximate surface area is 210 Å². The Morgan fingerprint density at radius 1 is 0.972 bits per heavy atom. The van der Waals surface area contributed by atoms with Crippen LogP contribution in [0.25, 0.3) is 11.0 Å². The monoisotopic (exact) mass is 491 g/mol. The summed E-state index contributed by atoms with van der Waals surface area (Å²) in [6.45, 7) is 5.30. The van der Waals surface area contributed by atoms with Gasteiger partial charge in [-0.2, -0.15) is 0 Å². The average molecular weight is 492 g/mol. The Bertz CT molecular complexity index is 1240. The molecule has 1 saturated carbocycles. The highest BCUT2D eigenvalue weighted by molar-refractivity contribution is 5.82. The molecule has 0 atom stereocenters. The highest BCUT2D eigenvalue weighted by Gasteiger charge is 2.20. The van der Waals surface area contributed by atoms with Crippen molar-refractivity contribution in [1.82, 2.24) is 4.90 Å². The molecule has 2 heterocycles. The van der Waals surface area contributed by atoms with Gasteiger partial charge in [-0.05, 0) is 61.1 Å². The maximum Gasteiger partial charge on any atom is 0.336 e. The Morgan fingerprint density at radius 2 is 1.72 bits per heavy atom. The number of piperazine rings is 1. The first-order valence-electron chi connectivity index (χ1n) is 13.0. The molecule has 1 aromatic heterocycles. The van der Waals surface area contributed by atoms with E-state index < -0.39 is 0 Å². The van der Waals surface area contributed by atoms with E-state index in [9.17, 15) is 14.9 Å². The van der Waals surface area contributed by atoms with E-state index in [0.717, 1.165) is 74.4 Å². The topological polar surface area (TPSA) is 89.1 Å². The molecule has 1 aliphatic heterocycles. The van der Waals surface area contributed by atoms with Gasteiger partial charge in [-0.1, -0.05) is 19.3 Å². The molecule has 1 aliphatic carbocycles. The zero-order valence-electron chi connectivity index (χ0n) is 20.6. The lowest BCUT2D eigenvalue weighted by atomic mass is 9.83. The number of non-ortho nitro benzene ring substituents is 1.